The van der Waals surface area contributed by atoms with Crippen LogP contribution in [0.15, 0.2) is 24.6 Å². The summed E-state index contributed by atoms with van der Waals surface area (Å²) in [6.07, 6.45) is 0. The summed E-state index contributed by atoms with van der Waals surface area (Å²) in [6.45, 7) is 24.5. The molecule has 2 unspecified atom stereocenters. The largest absolute Gasteiger partial charge is 0.442 e. The molecule has 0 fully saturated rings. The summed E-state index contributed by atoms with van der Waals surface area (Å²) in [7, 11) is -9.36. The van der Waals surface area contributed by atoms with Gasteiger partial charge in [0.1, 0.15) is 0 Å². The van der Waals surface area contributed by atoms with E-state index in [2.05, 4.69) is 59.0 Å². The van der Waals surface area contributed by atoms with Gasteiger partial charge in [-0.1, -0.05) is 11.4 Å². The van der Waals surface area contributed by atoms with Gasteiger partial charge in [-0.2, -0.15) is 0 Å². The van der Waals surface area contributed by atoms with Crippen molar-refractivity contribution in [3.63, 3.8) is 0 Å². The third-order valence-corrected chi connectivity index (χ3v) is 19.0. The maximum Gasteiger partial charge on any atom is 0.343 e. The zero-order valence-electron chi connectivity index (χ0n) is 14.9. The Morgan fingerprint density at radius 3 is 1.76 bits per heavy atom. The Hall–Kier alpha value is 0.404. The minimum Gasteiger partial charge on any atom is -0.442 e. The second-order valence-electron chi connectivity index (χ2n) is 6.50. The molecule has 0 aliphatic carbocycles. The van der Waals surface area contributed by atoms with Gasteiger partial charge in [-0.05, 0) is 52.4 Å². The van der Waals surface area contributed by atoms with E-state index in [0.717, 1.165) is 0 Å². The lowest BCUT2D eigenvalue weighted by Gasteiger charge is -2.38. The molecule has 0 aliphatic heterocycles. The molecule has 0 saturated carbocycles. The van der Waals surface area contributed by atoms with Crippen molar-refractivity contribution in [3.8, 4) is 0 Å². The monoisotopic (exact) mass is 380 g/mol. The van der Waals surface area contributed by atoms with Crippen LogP contribution in [0.5, 0.6) is 0 Å². The Labute approximate surface area is 137 Å². The second kappa shape index (κ2) is 8.31. The van der Waals surface area contributed by atoms with Crippen LogP contribution >= 0.6 is 0 Å². The van der Waals surface area contributed by atoms with Crippen molar-refractivity contribution in [2.75, 3.05) is 0 Å². The van der Waals surface area contributed by atoms with Gasteiger partial charge in [0.05, 0.1) is 0 Å². The summed E-state index contributed by atoms with van der Waals surface area (Å²) in [4.78, 5) is 0. The molecule has 21 heavy (non-hydrogen) atoms. The standard InChI is InChI=1S/C12H32O4Si5/c1-11-19(6,7)15-20(8,9)16-21(10,12-2)14-18(5)13-17(3)4/h11-12,17-18H,1-2H2,3-10H3. The summed E-state index contributed by atoms with van der Waals surface area (Å²) < 4.78 is 24.7. The van der Waals surface area contributed by atoms with Crippen molar-refractivity contribution in [2.24, 2.45) is 0 Å². The molecule has 9 heteroatoms. The van der Waals surface area contributed by atoms with E-state index < -0.39 is 43.8 Å². The van der Waals surface area contributed by atoms with E-state index in [1.54, 1.807) is 0 Å². The van der Waals surface area contributed by atoms with Crippen LogP contribution in [0.25, 0.3) is 0 Å². The van der Waals surface area contributed by atoms with Gasteiger partial charge in [0, 0.05) is 0 Å². The Bertz CT molecular complexity index is 362. The topological polar surface area (TPSA) is 36.9 Å². The Morgan fingerprint density at radius 2 is 1.38 bits per heavy atom. The van der Waals surface area contributed by atoms with Gasteiger partial charge in [0.2, 0.25) is 0 Å². The predicted octanol–water partition coefficient (Wildman–Crippen LogP) is 3.32. The normalized spacial score (nSPS) is 17.4. The minimum atomic E-state index is -2.45. The highest BCUT2D eigenvalue weighted by molar-refractivity contribution is 6.90. The van der Waals surface area contributed by atoms with Gasteiger partial charge in [-0.3, -0.25) is 0 Å². The van der Waals surface area contributed by atoms with Crippen molar-refractivity contribution >= 4 is 43.8 Å². The molecule has 0 rings (SSSR count). The molecule has 124 valence electrons. The fourth-order valence-electron chi connectivity index (χ4n) is 2.04. The molecule has 0 spiro atoms. The number of rotatable bonds is 10. The molecule has 4 nitrogen and oxygen atoms in total. The molecule has 2 atom stereocenters. The fourth-order valence-corrected chi connectivity index (χ4v) is 19.7. The molecule has 0 radical (unpaired) electrons. The van der Waals surface area contributed by atoms with E-state index in [9.17, 15) is 0 Å². The smallest absolute Gasteiger partial charge is 0.343 e. The van der Waals surface area contributed by atoms with E-state index in [0.29, 0.717) is 0 Å². The molecule has 0 aromatic rings. The lowest BCUT2D eigenvalue weighted by atomic mass is 11.3. The van der Waals surface area contributed by atoms with Crippen LogP contribution in [0.4, 0.5) is 0 Å². The maximum absolute atomic E-state index is 6.34. The maximum atomic E-state index is 6.34. The molecule has 0 aromatic carbocycles. The number of hydrogen-bond donors (Lipinski definition) is 0. The molecule has 0 amide bonds. The van der Waals surface area contributed by atoms with Crippen LogP contribution in [-0.4, -0.2) is 43.8 Å². The van der Waals surface area contributed by atoms with E-state index in [1.807, 2.05) is 17.9 Å². The van der Waals surface area contributed by atoms with Crippen LogP contribution in [0, 0.1) is 0 Å². The highest BCUT2D eigenvalue weighted by Gasteiger charge is 2.42. The summed E-state index contributed by atoms with van der Waals surface area (Å²) >= 11 is 0. The average Bonchev–Trinajstić information content (AvgIpc) is 2.25. The van der Waals surface area contributed by atoms with Crippen molar-refractivity contribution in [1.82, 2.24) is 0 Å². The summed E-state index contributed by atoms with van der Waals surface area (Å²) in [6, 6.07) is 0. The van der Waals surface area contributed by atoms with Crippen LogP contribution < -0.4 is 0 Å². The molecule has 0 heterocycles. The third kappa shape index (κ3) is 9.20. The van der Waals surface area contributed by atoms with Crippen LogP contribution in [-0.2, 0) is 16.5 Å². The van der Waals surface area contributed by atoms with Gasteiger partial charge >= 0.3 is 17.1 Å². The second-order valence-corrected chi connectivity index (χ2v) is 22.3. The molecule has 0 aromatic heterocycles. The first-order chi connectivity index (χ1) is 9.35. The SMILES string of the molecule is C=C[Si](C)(C)O[Si](C)(C)O[Si](C)(C=C)O[SiH](C)O[SiH](C)C. The highest BCUT2D eigenvalue weighted by atomic mass is 28.5. The molecule has 0 bridgehead atoms. The summed E-state index contributed by atoms with van der Waals surface area (Å²) in [5, 5.41) is 0. The Morgan fingerprint density at radius 1 is 0.857 bits per heavy atom. The van der Waals surface area contributed by atoms with Gasteiger partial charge in [-0.15, -0.1) is 13.2 Å². The molecule has 0 saturated heterocycles. The first-order valence-corrected chi connectivity index (χ1v) is 20.4. The Balaban J connectivity index is 4.86. The van der Waals surface area contributed by atoms with Crippen LogP contribution in [0.1, 0.15) is 0 Å². The van der Waals surface area contributed by atoms with E-state index >= 15 is 0 Å². The lowest BCUT2D eigenvalue weighted by Crippen LogP contribution is -2.55. The first kappa shape index (κ1) is 21.4. The minimum absolute atomic E-state index is 1.08. The number of hydrogen-bond acceptors (Lipinski definition) is 4. The zero-order valence-corrected chi connectivity index (χ0v) is 20.2. The van der Waals surface area contributed by atoms with Crippen LogP contribution in [0.3, 0.4) is 0 Å². The molecule has 0 aliphatic rings. The summed E-state index contributed by atoms with van der Waals surface area (Å²) in [5.74, 6) is 0. The average molecular weight is 381 g/mol. The van der Waals surface area contributed by atoms with Gasteiger partial charge in [0.15, 0.2) is 17.4 Å². The lowest BCUT2D eigenvalue weighted by molar-refractivity contribution is 0.320. The quantitative estimate of drug-likeness (QED) is 0.545. The summed E-state index contributed by atoms with van der Waals surface area (Å²) in [5.41, 5.74) is 3.77. The molecule has 0 N–H and O–H groups in total. The van der Waals surface area contributed by atoms with Crippen LogP contribution in [0.2, 0.25) is 52.4 Å². The van der Waals surface area contributed by atoms with Crippen molar-refractivity contribution < 1.29 is 16.5 Å². The predicted molar refractivity (Wildman–Crippen MR) is 103 cm³/mol. The van der Waals surface area contributed by atoms with Crippen molar-refractivity contribution in [3.05, 3.63) is 24.6 Å². The zero-order chi connectivity index (χ0) is 16.9. The van der Waals surface area contributed by atoms with Gasteiger partial charge < -0.3 is 16.5 Å². The Kier molecular flexibility index (Phi) is 8.47. The van der Waals surface area contributed by atoms with E-state index in [1.165, 1.54) is 0 Å². The highest BCUT2D eigenvalue weighted by Crippen LogP contribution is 2.23. The molecular formula is C12H32O4Si5. The van der Waals surface area contributed by atoms with E-state index in [-0.39, 0.29) is 0 Å². The van der Waals surface area contributed by atoms with Gasteiger partial charge in [0.25, 0.3) is 9.28 Å². The first-order valence-electron chi connectivity index (χ1n) is 7.35. The van der Waals surface area contributed by atoms with Gasteiger partial charge in [-0.25, -0.2) is 0 Å². The van der Waals surface area contributed by atoms with Crippen molar-refractivity contribution in [1.29, 1.82) is 0 Å². The molecular weight excluding hydrogens is 349 g/mol. The fraction of sp³-hybridized carbons (Fsp3) is 0.667. The third-order valence-electron chi connectivity index (χ3n) is 2.68. The van der Waals surface area contributed by atoms with Crippen molar-refractivity contribution in [2.45, 2.75) is 52.4 Å². The van der Waals surface area contributed by atoms with E-state index in [4.69, 9.17) is 16.5 Å².